The molecule has 2 rings (SSSR count). The number of alkyl halides is 1. The highest BCUT2D eigenvalue weighted by molar-refractivity contribution is 6.20. The molecule has 0 saturated heterocycles. The van der Waals surface area contributed by atoms with E-state index in [0.717, 1.165) is 6.42 Å². The Morgan fingerprint density at radius 2 is 2.03 bits per heavy atom. The lowest BCUT2D eigenvalue weighted by Crippen LogP contribution is -2.48. The Morgan fingerprint density at radius 3 is 2.62 bits per heavy atom. The maximum absolute atomic E-state index is 12.6. The molecule has 0 aliphatic carbocycles. The van der Waals surface area contributed by atoms with Gasteiger partial charge in [-0.05, 0) is 44.9 Å². The molecule has 158 valence electrons. The summed E-state index contributed by atoms with van der Waals surface area (Å²) in [6.07, 6.45) is 0.752. The Hall–Kier alpha value is -2.54. The molecule has 1 aromatic rings. The number of methoxy groups -OCH3 is 1. The molecule has 2 N–H and O–H groups in total. The second-order valence-corrected chi connectivity index (χ2v) is 7.89. The molecular weight excluding hydrogens is 394 g/mol. The standard InChI is InChI=1S/C21H28ClN3O4/c1-6-10-25-13(2)16(18(26)29-5)17(24-20(25)28)14-8-7-9-15(11-14)23-19(27)21(3,4)12-22/h7-9,11,17H,6,10,12H2,1-5H3,(H,23,27)(H,24,28). The smallest absolute Gasteiger partial charge is 0.337 e. The number of esters is 1. The molecule has 0 aromatic heterocycles. The number of ether oxygens (including phenoxy) is 1. The van der Waals surface area contributed by atoms with Crippen LogP contribution in [0.1, 0.15) is 45.7 Å². The quantitative estimate of drug-likeness (QED) is 0.517. The molecule has 0 fully saturated rings. The predicted molar refractivity (Wildman–Crippen MR) is 113 cm³/mol. The van der Waals surface area contributed by atoms with Gasteiger partial charge < -0.3 is 15.4 Å². The zero-order chi connectivity index (χ0) is 21.8. The summed E-state index contributed by atoms with van der Waals surface area (Å²) in [4.78, 5) is 39.1. The number of hydrogen-bond acceptors (Lipinski definition) is 4. The van der Waals surface area contributed by atoms with E-state index in [-0.39, 0.29) is 17.8 Å². The minimum Gasteiger partial charge on any atom is -0.466 e. The number of nitrogens with zero attached hydrogens (tertiary/aromatic N) is 1. The summed E-state index contributed by atoms with van der Waals surface area (Å²) in [7, 11) is 1.31. The molecular formula is C21H28ClN3O4. The van der Waals surface area contributed by atoms with E-state index in [1.807, 2.05) is 6.92 Å². The largest absolute Gasteiger partial charge is 0.466 e. The summed E-state index contributed by atoms with van der Waals surface area (Å²) in [6.45, 7) is 7.70. The average molecular weight is 422 g/mol. The number of anilines is 1. The lowest BCUT2D eigenvalue weighted by molar-refractivity contribution is -0.136. The minimum absolute atomic E-state index is 0.179. The number of carbonyl (C=O) groups excluding carboxylic acids is 3. The normalized spacial score (nSPS) is 17.1. The maximum atomic E-state index is 12.6. The SMILES string of the molecule is CCCN1C(=O)NC(c2cccc(NC(=O)C(C)(C)CCl)c2)C(C(=O)OC)=C1C. The van der Waals surface area contributed by atoms with Gasteiger partial charge in [0.05, 0.1) is 24.1 Å². The molecule has 7 nitrogen and oxygen atoms in total. The van der Waals surface area contributed by atoms with Gasteiger partial charge in [-0.1, -0.05) is 19.1 Å². The Morgan fingerprint density at radius 1 is 1.34 bits per heavy atom. The van der Waals surface area contributed by atoms with Crippen LogP contribution in [0.2, 0.25) is 0 Å². The Kier molecular flexibility index (Phi) is 7.30. The number of amides is 3. The predicted octanol–water partition coefficient (Wildman–Crippen LogP) is 3.81. The third-order valence-corrected chi connectivity index (χ3v) is 5.54. The van der Waals surface area contributed by atoms with Crippen molar-refractivity contribution in [2.45, 2.75) is 40.2 Å². The van der Waals surface area contributed by atoms with Gasteiger partial charge in [0.1, 0.15) is 0 Å². The van der Waals surface area contributed by atoms with Crippen LogP contribution in [0.4, 0.5) is 10.5 Å². The number of nitrogens with one attached hydrogen (secondary N) is 2. The first-order valence-corrected chi connectivity index (χ1v) is 10.0. The van der Waals surface area contributed by atoms with Crippen molar-refractivity contribution in [3.05, 3.63) is 41.1 Å². The van der Waals surface area contributed by atoms with Gasteiger partial charge in [-0.2, -0.15) is 0 Å². The topological polar surface area (TPSA) is 87.7 Å². The summed E-state index contributed by atoms with van der Waals surface area (Å²) < 4.78 is 4.97. The van der Waals surface area contributed by atoms with E-state index in [0.29, 0.717) is 29.1 Å². The average Bonchev–Trinajstić information content (AvgIpc) is 2.70. The highest BCUT2D eigenvalue weighted by atomic mass is 35.5. The molecule has 29 heavy (non-hydrogen) atoms. The number of carbonyl (C=O) groups is 3. The first-order chi connectivity index (χ1) is 13.7. The molecule has 0 spiro atoms. The number of rotatable bonds is 7. The number of hydrogen-bond donors (Lipinski definition) is 2. The van der Waals surface area contributed by atoms with E-state index in [9.17, 15) is 14.4 Å². The first-order valence-electron chi connectivity index (χ1n) is 9.50. The van der Waals surface area contributed by atoms with Crippen LogP contribution >= 0.6 is 11.6 Å². The summed E-state index contributed by atoms with van der Waals surface area (Å²) in [5.41, 5.74) is 1.41. The molecule has 1 aliphatic heterocycles. The number of urea groups is 1. The molecule has 0 saturated carbocycles. The molecule has 8 heteroatoms. The van der Waals surface area contributed by atoms with Gasteiger partial charge in [0.25, 0.3) is 0 Å². The molecule has 3 amide bonds. The second-order valence-electron chi connectivity index (χ2n) is 7.62. The van der Waals surface area contributed by atoms with Crippen LogP contribution in [0.5, 0.6) is 0 Å². The van der Waals surface area contributed by atoms with E-state index in [4.69, 9.17) is 16.3 Å². The number of benzene rings is 1. The summed E-state index contributed by atoms with van der Waals surface area (Å²) in [5, 5.41) is 5.72. The third kappa shape index (κ3) is 4.90. The van der Waals surface area contributed by atoms with Crippen molar-refractivity contribution in [3.8, 4) is 0 Å². The van der Waals surface area contributed by atoms with Crippen LogP contribution in [0, 0.1) is 5.41 Å². The monoisotopic (exact) mass is 421 g/mol. The second kappa shape index (κ2) is 9.31. The lowest BCUT2D eigenvalue weighted by atomic mass is 9.93. The van der Waals surface area contributed by atoms with Gasteiger partial charge in [0.2, 0.25) is 5.91 Å². The molecule has 1 heterocycles. The van der Waals surface area contributed by atoms with Gasteiger partial charge in [-0.25, -0.2) is 9.59 Å². The van der Waals surface area contributed by atoms with Gasteiger partial charge >= 0.3 is 12.0 Å². The molecule has 0 radical (unpaired) electrons. The van der Waals surface area contributed by atoms with Gasteiger partial charge in [-0.15, -0.1) is 11.6 Å². The van der Waals surface area contributed by atoms with Crippen molar-refractivity contribution >= 4 is 35.2 Å². The molecule has 0 bridgehead atoms. The van der Waals surface area contributed by atoms with Crippen LogP contribution < -0.4 is 10.6 Å². The van der Waals surface area contributed by atoms with E-state index in [2.05, 4.69) is 10.6 Å². The van der Waals surface area contributed by atoms with Crippen LogP contribution in [0.3, 0.4) is 0 Å². The van der Waals surface area contributed by atoms with E-state index >= 15 is 0 Å². The van der Waals surface area contributed by atoms with Crippen molar-refractivity contribution in [2.24, 2.45) is 5.41 Å². The van der Waals surface area contributed by atoms with Crippen molar-refractivity contribution in [2.75, 3.05) is 24.9 Å². The molecule has 1 aromatic carbocycles. The van der Waals surface area contributed by atoms with Gasteiger partial charge in [0, 0.05) is 23.8 Å². The molecule has 1 aliphatic rings. The molecule has 1 atom stereocenters. The van der Waals surface area contributed by atoms with E-state index in [1.165, 1.54) is 12.0 Å². The summed E-state index contributed by atoms with van der Waals surface area (Å²) in [5.74, 6) is -0.545. The van der Waals surface area contributed by atoms with Crippen LogP contribution in [-0.4, -0.2) is 42.3 Å². The fourth-order valence-corrected chi connectivity index (χ4v) is 3.18. The maximum Gasteiger partial charge on any atom is 0.337 e. The van der Waals surface area contributed by atoms with Crippen LogP contribution in [0.15, 0.2) is 35.5 Å². The van der Waals surface area contributed by atoms with E-state index < -0.39 is 17.4 Å². The fraction of sp³-hybridized carbons (Fsp3) is 0.476. The van der Waals surface area contributed by atoms with Crippen LogP contribution in [-0.2, 0) is 14.3 Å². The van der Waals surface area contributed by atoms with E-state index in [1.54, 1.807) is 45.0 Å². The van der Waals surface area contributed by atoms with Crippen LogP contribution in [0.25, 0.3) is 0 Å². The van der Waals surface area contributed by atoms with Gasteiger partial charge in [-0.3, -0.25) is 9.69 Å². The van der Waals surface area contributed by atoms with Crippen molar-refractivity contribution in [1.82, 2.24) is 10.2 Å². The molecule has 1 unspecified atom stereocenters. The zero-order valence-corrected chi connectivity index (χ0v) is 18.2. The highest BCUT2D eigenvalue weighted by Crippen LogP contribution is 2.32. The third-order valence-electron chi connectivity index (χ3n) is 4.88. The van der Waals surface area contributed by atoms with Crippen molar-refractivity contribution in [1.29, 1.82) is 0 Å². The zero-order valence-electron chi connectivity index (χ0n) is 17.5. The Balaban J connectivity index is 2.43. The highest BCUT2D eigenvalue weighted by Gasteiger charge is 2.36. The first kappa shape index (κ1) is 22.7. The summed E-state index contributed by atoms with van der Waals surface area (Å²) >= 11 is 5.88. The van der Waals surface area contributed by atoms with Gasteiger partial charge in [0.15, 0.2) is 0 Å². The van der Waals surface area contributed by atoms with Crippen molar-refractivity contribution < 1.29 is 19.1 Å². The van der Waals surface area contributed by atoms with Crippen molar-refractivity contribution in [3.63, 3.8) is 0 Å². The Bertz CT molecular complexity index is 835. The minimum atomic E-state index is -0.731. The lowest BCUT2D eigenvalue weighted by Gasteiger charge is -2.35. The Labute approximate surface area is 176 Å². The fourth-order valence-electron chi connectivity index (χ4n) is 3.06. The number of halogens is 1. The summed E-state index contributed by atoms with van der Waals surface area (Å²) in [6, 6.07) is 6.07. The number of allylic oxidation sites excluding steroid dienone is 1.